The number of aliphatic imine (C=N–C) groups is 1. The van der Waals surface area contributed by atoms with E-state index in [1.54, 1.807) is 17.8 Å². The molecule has 0 fully saturated rings. The fraction of sp³-hybridized carbons (Fsp3) is 0.357. The van der Waals surface area contributed by atoms with Crippen LogP contribution < -0.4 is 5.32 Å². The van der Waals surface area contributed by atoms with Gasteiger partial charge >= 0.3 is 11.9 Å². The summed E-state index contributed by atoms with van der Waals surface area (Å²) in [6.45, 7) is 0.750. The molecule has 1 N–H and O–H groups in total. The van der Waals surface area contributed by atoms with E-state index in [2.05, 4.69) is 15.0 Å². The minimum absolute atomic E-state index is 0.346. The number of nitrogens with zero attached hydrogens (tertiary/aromatic N) is 1. The maximum Gasteiger partial charge on any atom is 0.339 e. The number of nitrogens with one attached hydrogen (secondary N) is 1. The number of methoxy groups -OCH3 is 2. The van der Waals surface area contributed by atoms with Crippen molar-refractivity contribution in [1.82, 2.24) is 0 Å². The second-order valence-corrected chi connectivity index (χ2v) is 5.34. The number of thioether (sulfide) groups is 1. The summed E-state index contributed by atoms with van der Waals surface area (Å²) in [5.74, 6) is 0.0267. The Kier molecular flexibility index (Phi) is 5.21. The molecule has 1 heterocycles. The van der Waals surface area contributed by atoms with Crippen molar-refractivity contribution in [2.24, 2.45) is 4.99 Å². The molecule has 0 spiro atoms. The molecule has 1 aliphatic heterocycles. The minimum atomic E-state index is -0.477. The second kappa shape index (κ2) is 7.12. The van der Waals surface area contributed by atoms with Crippen LogP contribution in [0.25, 0.3) is 0 Å². The van der Waals surface area contributed by atoms with Crippen molar-refractivity contribution in [1.29, 1.82) is 0 Å². The van der Waals surface area contributed by atoms with Gasteiger partial charge in [0, 0.05) is 12.3 Å². The summed E-state index contributed by atoms with van der Waals surface area (Å²) in [6, 6.07) is 4.63. The van der Waals surface area contributed by atoms with Crippen molar-refractivity contribution in [3.63, 3.8) is 0 Å². The number of ether oxygens (including phenoxy) is 2. The van der Waals surface area contributed by atoms with Crippen molar-refractivity contribution >= 4 is 34.6 Å². The maximum atomic E-state index is 11.8. The van der Waals surface area contributed by atoms with E-state index in [-0.39, 0.29) is 0 Å². The van der Waals surface area contributed by atoms with Gasteiger partial charge in [0.2, 0.25) is 0 Å². The summed E-state index contributed by atoms with van der Waals surface area (Å²) in [5, 5.41) is 3.82. The number of benzene rings is 1. The van der Waals surface area contributed by atoms with Gasteiger partial charge in [-0.05, 0) is 24.6 Å². The lowest BCUT2D eigenvalue weighted by Crippen LogP contribution is -2.17. The van der Waals surface area contributed by atoms with Crippen molar-refractivity contribution in [3.05, 3.63) is 29.3 Å². The van der Waals surface area contributed by atoms with E-state index in [9.17, 15) is 9.59 Å². The van der Waals surface area contributed by atoms with E-state index in [0.29, 0.717) is 16.8 Å². The Morgan fingerprint density at radius 3 is 2.62 bits per heavy atom. The average molecular weight is 308 g/mol. The number of esters is 2. The topological polar surface area (TPSA) is 77.0 Å². The molecule has 0 bridgehead atoms. The molecule has 0 amide bonds. The maximum absolute atomic E-state index is 11.8. The molecule has 0 saturated heterocycles. The molecule has 1 aliphatic rings. The molecule has 0 unspecified atom stereocenters. The number of amidine groups is 1. The molecule has 0 radical (unpaired) electrons. The monoisotopic (exact) mass is 308 g/mol. The van der Waals surface area contributed by atoms with Crippen LogP contribution in [-0.2, 0) is 9.47 Å². The number of hydrogen-bond donors (Lipinski definition) is 1. The van der Waals surface area contributed by atoms with Gasteiger partial charge in [-0.3, -0.25) is 4.99 Å². The minimum Gasteiger partial charge on any atom is -0.465 e. The third kappa shape index (κ3) is 3.75. The number of anilines is 1. The van der Waals surface area contributed by atoms with E-state index in [1.807, 2.05) is 0 Å². The molecule has 2 rings (SSSR count). The smallest absolute Gasteiger partial charge is 0.339 e. The van der Waals surface area contributed by atoms with Gasteiger partial charge in [-0.25, -0.2) is 9.59 Å². The Balaban J connectivity index is 2.35. The van der Waals surface area contributed by atoms with Crippen molar-refractivity contribution in [2.45, 2.75) is 6.42 Å². The first-order valence-electron chi connectivity index (χ1n) is 6.40. The van der Waals surface area contributed by atoms with Gasteiger partial charge in [-0.15, -0.1) is 0 Å². The highest BCUT2D eigenvalue weighted by Crippen LogP contribution is 2.22. The molecule has 21 heavy (non-hydrogen) atoms. The molecule has 1 aromatic carbocycles. The molecule has 6 nitrogen and oxygen atoms in total. The van der Waals surface area contributed by atoms with Crippen LogP contribution in [0.5, 0.6) is 0 Å². The lowest BCUT2D eigenvalue weighted by atomic mass is 10.1. The van der Waals surface area contributed by atoms with Crippen LogP contribution in [0.1, 0.15) is 27.1 Å². The van der Waals surface area contributed by atoms with Crippen LogP contribution >= 0.6 is 11.8 Å². The highest BCUT2D eigenvalue weighted by atomic mass is 32.2. The van der Waals surface area contributed by atoms with Crippen LogP contribution in [0.2, 0.25) is 0 Å². The van der Waals surface area contributed by atoms with E-state index in [1.165, 1.54) is 26.4 Å². The van der Waals surface area contributed by atoms with Crippen LogP contribution in [0, 0.1) is 0 Å². The van der Waals surface area contributed by atoms with Crippen LogP contribution in [-0.4, -0.2) is 43.6 Å². The molecule has 7 heteroatoms. The van der Waals surface area contributed by atoms with Crippen LogP contribution in [0.3, 0.4) is 0 Å². The zero-order valence-corrected chi connectivity index (χ0v) is 12.7. The van der Waals surface area contributed by atoms with Crippen molar-refractivity contribution in [3.8, 4) is 0 Å². The van der Waals surface area contributed by atoms with Gasteiger partial charge in [0.1, 0.15) is 0 Å². The van der Waals surface area contributed by atoms with Gasteiger partial charge < -0.3 is 14.8 Å². The first-order valence-corrected chi connectivity index (χ1v) is 7.39. The summed E-state index contributed by atoms with van der Waals surface area (Å²) in [6.07, 6.45) is 1.03. The zero-order valence-electron chi connectivity index (χ0n) is 11.8. The van der Waals surface area contributed by atoms with Gasteiger partial charge in [0.25, 0.3) is 0 Å². The fourth-order valence-corrected chi connectivity index (χ4v) is 2.66. The number of rotatable bonds is 3. The average Bonchev–Trinajstić information content (AvgIpc) is 2.54. The summed E-state index contributed by atoms with van der Waals surface area (Å²) < 4.78 is 9.44. The summed E-state index contributed by atoms with van der Waals surface area (Å²) >= 11 is 1.58. The highest BCUT2D eigenvalue weighted by Gasteiger charge is 2.17. The van der Waals surface area contributed by atoms with Gasteiger partial charge in [0.15, 0.2) is 5.17 Å². The van der Waals surface area contributed by atoms with E-state index in [0.717, 1.165) is 23.9 Å². The Bertz CT molecular complexity index is 586. The predicted octanol–water partition coefficient (Wildman–Crippen LogP) is 2.16. The van der Waals surface area contributed by atoms with E-state index >= 15 is 0 Å². The van der Waals surface area contributed by atoms with E-state index < -0.39 is 11.9 Å². The Hall–Kier alpha value is -2.02. The lowest BCUT2D eigenvalue weighted by Gasteiger charge is -2.16. The normalized spacial score (nSPS) is 14.1. The third-order valence-electron chi connectivity index (χ3n) is 2.88. The summed E-state index contributed by atoms with van der Waals surface area (Å²) in [5.41, 5.74) is 1.19. The van der Waals surface area contributed by atoms with E-state index in [4.69, 9.17) is 4.74 Å². The zero-order chi connectivity index (χ0) is 15.2. The third-order valence-corrected chi connectivity index (χ3v) is 3.88. The Morgan fingerprint density at radius 1 is 1.24 bits per heavy atom. The molecular formula is C14H16N2O4S. The summed E-state index contributed by atoms with van der Waals surface area (Å²) in [4.78, 5) is 27.8. The lowest BCUT2D eigenvalue weighted by molar-refractivity contribution is 0.0587. The molecule has 112 valence electrons. The molecular weight excluding hydrogens is 292 g/mol. The molecule has 0 aromatic heterocycles. The van der Waals surface area contributed by atoms with Crippen molar-refractivity contribution in [2.75, 3.05) is 31.8 Å². The fourth-order valence-electron chi connectivity index (χ4n) is 1.83. The standard InChI is InChI=1S/C14H16N2O4S/c1-19-12(17)9-4-5-10(13(18)20-2)11(8-9)16-14-15-6-3-7-21-14/h4-5,8H,3,6-7H2,1-2H3,(H,15,16). The number of hydrogen-bond acceptors (Lipinski definition) is 7. The molecule has 0 saturated carbocycles. The summed E-state index contributed by atoms with van der Waals surface area (Å²) in [7, 11) is 2.62. The second-order valence-electron chi connectivity index (χ2n) is 4.26. The van der Waals surface area contributed by atoms with Crippen LogP contribution in [0.15, 0.2) is 23.2 Å². The van der Waals surface area contributed by atoms with Crippen LogP contribution in [0.4, 0.5) is 5.69 Å². The Labute approximate surface area is 126 Å². The first-order chi connectivity index (χ1) is 10.2. The number of carbonyl (C=O) groups is 2. The van der Waals surface area contributed by atoms with Gasteiger partial charge in [-0.1, -0.05) is 11.8 Å². The highest BCUT2D eigenvalue weighted by molar-refractivity contribution is 8.14. The van der Waals surface area contributed by atoms with Gasteiger partial charge in [-0.2, -0.15) is 0 Å². The SMILES string of the molecule is COC(=O)c1ccc(C(=O)OC)c(NC2=NCCCS2)c1. The predicted molar refractivity (Wildman–Crippen MR) is 82.1 cm³/mol. The van der Waals surface area contributed by atoms with Crippen molar-refractivity contribution < 1.29 is 19.1 Å². The van der Waals surface area contributed by atoms with Gasteiger partial charge in [0.05, 0.1) is 31.0 Å². The molecule has 0 aliphatic carbocycles. The Morgan fingerprint density at radius 2 is 2.00 bits per heavy atom. The first kappa shape index (κ1) is 15.4. The molecule has 1 aromatic rings. The largest absolute Gasteiger partial charge is 0.465 e. The quantitative estimate of drug-likeness (QED) is 0.862. The molecule has 0 atom stereocenters. The number of carbonyl (C=O) groups excluding carboxylic acids is 2.